The van der Waals surface area contributed by atoms with Crippen LogP contribution >= 0.6 is 11.3 Å². The molecule has 0 radical (unpaired) electrons. The molecule has 4 nitrogen and oxygen atoms in total. The molecule has 0 bridgehead atoms. The fourth-order valence-electron chi connectivity index (χ4n) is 3.57. The molecule has 8 heteroatoms. The van der Waals surface area contributed by atoms with Gasteiger partial charge in [0.1, 0.15) is 0 Å². The van der Waals surface area contributed by atoms with Gasteiger partial charge in [-0.25, -0.2) is 0 Å². The van der Waals surface area contributed by atoms with E-state index in [1.165, 1.54) is 11.6 Å². The van der Waals surface area contributed by atoms with Crippen LogP contribution in [0, 0.1) is 0 Å². The number of likely N-dealkylation sites (tertiary alicyclic amines) is 1. The average molecular weight is 393 g/mol. The van der Waals surface area contributed by atoms with E-state index in [1.807, 2.05) is 6.92 Å². The van der Waals surface area contributed by atoms with Crippen LogP contribution < -0.4 is 0 Å². The largest absolute Gasteiger partial charge is 0.416 e. The minimum absolute atomic E-state index is 0.107. The van der Waals surface area contributed by atoms with Gasteiger partial charge in [0.25, 0.3) is 0 Å². The molecule has 0 spiro atoms. The van der Waals surface area contributed by atoms with Crippen molar-refractivity contribution in [2.75, 3.05) is 6.54 Å². The summed E-state index contributed by atoms with van der Waals surface area (Å²) in [4.78, 5) is 6.69. The number of rotatable bonds is 4. The molecule has 3 heterocycles. The normalized spacial score (nSPS) is 19.5. The molecule has 2 unspecified atom stereocenters. The van der Waals surface area contributed by atoms with Gasteiger partial charge in [-0.2, -0.15) is 29.5 Å². The fraction of sp³-hybridized carbons (Fsp3) is 0.368. The molecule has 1 aliphatic rings. The minimum atomic E-state index is -4.40. The van der Waals surface area contributed by atoms with Gasteiger partial charge >= 0.3 is 6.18 Å². The molecule has 0 aliphatic carbocycles. The topological polar surface area (TPSA) is 42.2 Å². The lowest BCUT2D eigenvalue weighted by Gasteiger charge is -2.27. The van der Waals surface area contributed by atoms with Crippen LogP contribution in [-0.2, 0) is 6.18 Å². The summed E-state index contributed by atoms with van der Waals surface area (Å²) < 4.78 is 44.2. The van der Waals surface area contributed by atoms with Gasteiger partial charge in [0.05, 0.1) is 11.6 Å². The number of halogens is 3. The van der Waals surface area contributed by atoms with Crippen molar-refractivity contribution in [3.8, 4) is 11.4 Å². The predicted molar refractivity (Wildman–Crippen MR) is 96.2 cm³/mol. The number of nitrogens with zero attached hydrogens (tertiary/aromatic N) is 3. The molecule has 4 rings (SSSR count). The molecule has 2 atom stereocenters. The highest BCUT2D eigenvalue weighted by Crippen LogP contribution is 2.39. The van der Waals surface area contributed by atoms with Gasteiger partial charge in [0.15, 0.2) is 0 Å². The molecule has 142 valence electrons. The Morgan fingerprint density at radius 2 is 2.15 bits per heavy atom. The van der Waals surface area contributed by atoms with Crippen molar-refractivity contribution in [3.63, 3.8) is 0 Å². The lowest BCUT2D eigenvalue weighted by molar-refractivity contribution is -0.137. The third-order valence-corrected chi connectivity index (χ3v) is 5.67. The molecule has 1 aromatic carbocycles. The fourth-order valence-corrected chi connectivity index (χ4v) is 4.28. The molecule has 1 fully saturated rings. The third-order valence-electron chi connectivity index (χ3n) is 4.97. The number of benzene rings is 1. The quantitative estimate of drug-likeness (QED) is 0.569. The molecule has 3 aromatic rings. The summed E-state index contributed by atoms with van der Waals surface area (Å²) in [7, 11) is 0. The molecular formula is C19H18F3N3OS. The minimum Gasteiger partial charge on any atom is -0.337 e. The van der Waals surface area contributed by atoms with E-state index in [1.54, 1.807) is 17.4 Å². The maximum Gasteiger partial charge on any atom is 0.416 e. The van der Waals surface area contributed by atoms with E-state index in [2.05, 4.69) is 31.9 Å². The van der Waals surface area contributed by atoms with Crippen LogP contribution in [0.3, 0.4) is 0 Å². The molecule has 0 amide bonds. The second kappa shape index (κ2) is 7.09. The van der Waals surface area contributed by atoms with Crippen molar-refractivity contribution in [1.29, 1.82) is 0 Å². The predicted octanol–water partition coefficient (Wildman–Crippen LogP) is 5.72. The van der Waals surface area contributed by atoms with Gasteiger partial charge < -0.3 is 4.52 Å². The van der Waals surface area contributed by atoms with Crippen LogP contribution in [0.5, 0.6) is 0 Å². The number of hydrogen-bond donors (Lipinski definition) is 0. The first-order valence-corrected chi connectivity index (χ1v) is 9.67. The highest BCUT2D eigenvalue weighted by molar-refractivity contribution is 7.07. The standard InChI is InChI=1S/C19H18F3N3OS/c1-12(25-8-3-6-16(25)14-7-9-27-11-14)18-23-17(24-26-18)13-4-2-5-15(10-13)19(20,21)22/h2,4-5,7,9-12,16H,3,6,8H2,1H3. The summed E-state index contributed by atoms with van der Waals surface area (Å²) in [5.74, 6) is 0.596. The highest BCUT2D eigenvalue weighted by Gasteiger charge is 2.34. The molecule has 1 saturated heterocycles. The monoisotopic (exact) mass is 393 g/mol. The number of alkyl halides is 3. The summed E-state index contributed by atoms with van der Waals surface area (Å²) in [6, 6.07) is 7.30. The molecule has 27 heavy (non-hydrogen) atoms. The molecule has 0 saturated carbocycles. The second-order valence-corrected chi connectivity index (χ2v) is 7.44. The van der Waals surface area contributed by atoms with Gasteiger partial charge in [-0.1, -0.05) is 17.3 Å². The summed E-state index contributed by atoms with van der Waals surface area (Å²) in [6.45, 7) is 2.91. The maximum absolute atomic E-state index is 12.9. The lowest BCUT2D eigenvalue weighted by atomic mass is 10.1. The zero-order chi connectivity index (χ0) is 19.0. The van der Waals surface area contributed by atoms with E-state index < -0.39 is 11.7 Å². The van der Waals surface area contributed by atoms with Gasteiger partial charge in [-0.3, -0.25) is 4.90 Å². The van der Waals surface area contributed by atoms with E-state index in [4.69, 9.17) is 4.52 Å². The van der Waals surface area contributed by atoms with Crippen LogP contribution in [0.25, 0.3) is 11.4 Å². The van der Waals surface area contributed by atoms with Crippen molar-refractivity contribution in [1.82, 2.24) is 15.0 Å². The van der Waals surface area contributed by atoms with Crippen molar-refractivity contribution < 1.29 is 17.7 Å². The Morgan fingerprint density at radius 3 is 2.89 bits per heavy atom. The summed E-state index contributed by atoms with van der Waals surface area (Å²) in [5, 5.41) is 8.13. The Hall–Kier alpha value is -2.19. The smallest absolute Gasteiger partial charge is 0.337 e. The first-order valence-electron chi connectivity index (χ1n) is 8.72. The average Bonchev–Trinajstić information content (AvgIpc) is 3.41. The summed E-state index contributed by atoms with van der Waals surface area (Å²) in [6.07, 6.45) is -2.26. The summed E-state index contributed by atoms with van der Waals surface area (Å²) >= 11 is 1.67. The number of thiophene rings is 1. The Morgan fingerprint density at radius 1 is 1.30 bits per heavy atom. The number of aromatic nitrogens is 2. The van der Waals surface area contributed by atoms with Gasteiger partial charge in [0.2, 0.25) is 11.7 Å². The first kappa shape index (κ1) is 18.2. The summed E-state index contributed by atoms with van der Waals surface area (Å²) in [5.41, 5.74) is 0.848. The Labute approximate surface area is 158 Å². The van der Waals surface area contributed by atoms with Crippen LogP contribution in [0.4, 0.5) is 13.2 Å². The van der Waals surface area contributed by atoms with Crippen molar-refractivity contribution >= 4 is 11.3 Å². The SMILES string of the molecule is CC(c1nc(-c2cccc(C(F)(F)F)c2)no1)N1CCCC1c1ccsc1. The zero-order valence-corrected chi connectivity index (χ0v) is 15.4. The van der Waals surface area contributed by atoms with Crippen molar-refractivity contribution in [3.05, 3.63) is 58.1 Å². The zero-order valence-electron chi connectivity index (χ0n) is 14.6. The highest BCUT2D eigenvalue weighted by atomic mass is 32.1. The number of hydrogen-bond acceptors (Lipinski definition) is 5. The lowest BCUT2D eigenvalue weighted by Crippen LogP contribution is -2.26. The van der Waals surface area contributed by atoms with Crippen molar-refractivity contribution in [2.45, 2.75) is 38.0 Å². The Bertz CT molecular complexity index is 907. The molecular weight excluding hydrogens is 375 g/mol. The van der Waals surface area contributed by atoms with Crippen LogP contribution in [0.15, 0.2) is 45.6 Å². The van der Waals surface area contributed by atoms with Gasteiger partial charge in [-0.05, 0) is 60.8 Å². The van der Waals surface area contributed by atoms with Crippen LogP contribution in [0.1, 0.15) is 48.9 Å². The van der Waals surface area contributed by atoms with Crippen molar-refractivity contribution in [2.24, 2.45) is 0 Å². The van der Waals surface area contributed by atoms with E-state index in [0.29, 0.717) is 17.5 Å². The Kier molecular flexibility index (Phi) is 4.77. The van der Waals surface area contributed by atoms with Crippen LogP contribution in [0.2, 0.25) is 0 Å². The molecule has 2 aromatic heterocycles. The second-order valence-electron chi connectivity index (χ2n) is 6.66. The van der Waals surface area contributed by atoms with Crippen LogP contribution in [-0.4, -0.2) is 21.6 Å². The van der Waals surface area contributed by atoms with Gasteiger partial charge in [0, 0.05) is 11.6 Å². The third kappa shape index (κ3) is 3.64. The van der Waals surface area contributed by atoms with E-state index >= 15 is 0 Å². The molecule has 0 N–H and O–H groups in total. The van der Waals surface area contributed by atoms with E-state index in [-0.39, 0.29) is 11.9 Å². The molecule has 1 aliphatic heterocycles. The first-order chi connectivity index (χ1) is 12.9. The maximum atomic E-state index is 12.9. The van der Waals surface area contributed by atoms with E-state index in [9.17, 15) is 13.2 Å². The van der Waals surface area contributed by atoms with E-state index in [0.717, 1.165) is 31.5 Å². The van der Waals surface area contributed by atoms with Gasteiger partial charge in [-0.15, -0.1) is 0 Å². The Balaban J connectivity index is 1.57.